The Labute approximate surface area is 161 Å². The molecule has 0 aliphatic carbocycles. The third-order valence-electron chi connectivity index (χ3n) is 3.37. The van der Waals surface area contributed by atoms with E-state index in [9.17, 15) is 14.0 Å². The minimum Gasteiger partial charge on any atom is -0.481 e. The number of benzene rings is 2. The number of hydrazine groups is 1. The molecule has 7 nitrogen and oxygen atoms in total. The lowest BCUT2D eigenvalue weighted by molar-refractivity contribution is -0.123. The van der Waals surface area contributed by atoms with Crippen molar-refractivity contribution in [2.24, 2.45) is 0 Å². The first-order valence-corrected chi connectivity index (χ1v) is 8.51. The quantitative estimate of drug-likeness (QED) is 0.603. The van der Waals surface area contributed by atoms with Gasteiger partial charge in [-0.2, -0.15) is 0 Å². The topological polar surface area (TPSA) is 93.5 Å². The number of rotatable bonds is 5. The molecular formula is C18H13BrFN3O4. The smallest absolute Gasteiger partial charge is 0.291 e. The summed E-state index contributed by atoms with van der Waals surface area (Å²) in [6.07, 6.45) is 0. The second kappa shape index (κ2) is 8.45. The van der Waals surface area contributed by atoms with E-state index in [1.807, 2.05) is 30.3 Å². The second-order valence-electron chi connectivity index (χ2n) is 5.31. The molecule has 2 amide bonds. The number of hydrogen-bond acceptors (Lipinski definition) is 5. The lowest BCUT2D eigenvalue weighted by atomic mass is 10.1. The number of hydrogen-bond donors (Lipinski definition) is 2. The highest BCUT2D eigenvalue weighted by molar-refractivity contribution is 9.10. The monoisotopic (exact) mass is 433 g/mol. The number of nitrogens with zero attached hydrogens (tertiary/aromatic N) is 1. The molecule has 1 aromatic heterocycles. The largest absolute Gasteiger partial charge is 0.481 e. The Morgan fingerprint density at radius 1 is 1.11 bits per heavy atom. The van der Waals surface area contributed by atoms with E-state index in [0.29, 0.717) is 10.2 Å². The van der Waals surface area contributed by atoms with E-state index in [1.54, 1.807) is 6.07 Å². The van der Waals surface area contributed by atoms with Gasteiger partial charge in [0.25, 0.3) is 11.8 Å². The first kappa shape index (κ1) is 18.6. The molecule has 138 valence electrons. The number of halogens is 2. The van der Waals surface area contributed by atoms with Gasteiger partial charge >= 0.3 is 0 Å². The molecule has 1 heterocycles. The van der Waals surface area contributed by atoms with Crippen LogP contribution in [-0.2, 0) is 4.79 Å². The first-order chi connectivity index (χ1) is 13.0. The van der Waals surface area contributed by atoms with Crippen LogP contribution in [0, 0.1) is 5.82 Å². The highest BCUT2D eigenvalue weighted by Gasteiger charge is 2.15. The van der Waals surface area contributed by atoms with Crippen LogP contribution in [0.25, 0.3) is 11.3 Å². The second-order valence-corrected chi connectivity index (χ2v) is 6.22. The van der Waals surface area contributed by atoms with Crippen LogP contribution >= 0.6 is 15.9 Å². The average molecular weight is 434 g/mol. The molecule has 0 unspecified atom stereocenters. The van der Waals surface area contributed by atoms with Crippen LogP contribution < -0.4 is 15.6 Å². The summed E-state index contributed by atoms with van der Waals surface area (Å²) >= 11 is 3.12. The Morgan fingerprint density at radius 2 is 1.89 bits per heavy atom. The Balaban J connectivity index is 1.50. The van der Waals surface area contributed by atoms with Crippen LogP contribution in [0.5, 0.6) is 5.75 Å². The van der Waals surface area contributed by atoms with Gasteiger partial charge in [-0.05, 0) is 18.2 Å². The van der Waals surface area contributed by atoms with Crippen molar-refractivity contribution in [3.8, 4) is 17.1 Å². The number of ether oxygens (including phenoxy) is 1. The van der Waals surface area contributed by atoms with Crippen LogP contribution in [0.4, 0.5) is 4.39 Å². The van der Waals surface area contributed by atoms with Crippen molar-refractivity contribution in [2.75, 3.05) is 6.61 Å². The van der Waals surface area contributed by atoms with Crippen molar-refractivity contribution in [3.05, 3.63) is 70.6 Å². The number of carbonyl (C=O) groups is 2. The van der Waals surface area contributed by atoms with E-state index in [2.05, 4.69) is 31.9 Å². The van der Waals surface area contributed by atoms with Gasteiger partial charge in [-0.3, -0.25) is 20.4 Å². The van der Waals surface area contributed by atoms with Crippen LogP contribution in [0.15, 0.2) is 63.6 Å². The molecular weight excluding hydrogens is 421 g/mol. The molecule has 0 spiro atoms. The number of aromatic nitrogens is 1. The van der Waals surface area contributed by atoms with Gasteiger partial charge in [-0.1, -0.05) is 51.4 Å². The van der Waals surface area contributed by atoms with Crippen molar-refractivity contribution in [2.45, 2.75) is 0 Å². The maximum Gasteiger partial charge on any atom is 0.291 e. The number of nitrogens with one attached hydrogen (secondary N) is 2. The molecule has 0 saturated heterocycles. The van der Waals surface area contributed by atoms with Crippen LogP contribution in [0.2, 0.25) is 0 Å². The molecule has 2 aromatic carbocycles. The number of amides is 2. The maximum absolute atomic E-state index is 13.6. The molecule has 0 saturated carbocycles. The molecule has 3 rings (SSSR count). The van der Waals surface area contributed by atoms with Crippen molar-refractivity contribution in [1.82, 2.24) is 16.0 Å². The normalized spacial score (nSPS) is 10.3. The summed E-state index contributed by atoms with van der Waals surface area (Å²) in [6, 6.07) is 14.7. The Kier molecular flexibility index (Phi) is 5.82. The molecule has 0 fully saturated rings. The lowest BCUT2D eigenvalue weighted by Gasteiger charge is -2.08. The summed E-state index contributed by atoms with van der Waals surface area (Å²) in [6.45, 7) is -0.479. The van der Waals surface area contributed by atoms with Gasteiger partial charge in [-0.25, -0.2) is 4.39 Å². The third kappa shape index (κ3) is 4.91. The number of carbonyl (C=O) groups excluding carboxylic acids is 2. The Bertz CT molecular complexity index is 962. The van der Waals surface area contributed by atoms with Crippen LogP contribution in [0.3, 0.4) is 0 Å². The molecule has 9 heteroatoms. The Morgan fingerprint density at radius 3 is 2.63 bits per heavy atom. The summed E-state index contributed by atoms with van der Waals surface area (Å²) in [4.78, 5) is 23.7. The first-order valence-electron chi connectivity index (χ1n) is 7.72. The highest BCUT2D eigenvalue weighted by atomic mass is 79.9. The van der Waals surface area contributed by atoms with Gasteiger partial charge in [0.15, 0.2) is 29.6 Å². The van der Waals surface area contributed by atoms with Crippen molar-refractivity contribution < 1.29 is 23.2 Å². The average Bonchev–Trinajstić information content (AvgIpc) is 3.16. The molecule has 3 aromatic rings. The zero-order chi connectivity index (χ0) is 19.2. The standard InChI is InChI=1S/C18H13BrFN3O4/c19-12-6-7-15(13(20)8-12)26-10-17(24)21-22-18(25)14-9-16(27-23-14)11-4-2-1-3-5-11/h1-9H,10H2,(H,21,24)(H,22,25). The van der Waals surface area contributed by atoms with Crippen molar-refractivity contribution >= 4 is 27.7 Å². The van der Waals surface area contributed by atoms with E-state index >= 15 is 0 Å². The predicted molar refractivity (Wildman–Crippen MR) is 97.1 cm³/mol. The molecule has 27 heavy (non-hydrogen) atoms. The summed E-state index contributed by atoms with van der Waals surface area (Å²) in [5, 5.41) is 3.66. The predicted octanol–water partition coefficient (Wildman–Crippen LogP) is 3.08. The molecule has 2 N–H and O–H groups in total. The highest BCUT2D eigenvalue weighted by Crippen LogP contribution is 2.21. The molecule has 0 atom stereocenters. The summed E-state index contributed by atoms with van der Waals surface area (Å²) in [5.41, 5.74) is 5.09. The maximum atomic E-state index is 13.6. The van der Waals surface area contributed by atoms with E-state index in [1.165, 1.54) is 18.2 Å². The Hall–Kier alpha value is -3.20. The van der Waals surface area contributed by atoms with Gasteiger partial charge in [0, 0.05) is 16.1 Å². The fourth-order valence-electron chi connectivity index (χ4n) is 2.08. The summed E-state index contributed by atoms with van der Waals surface area (Å²) in [7, 11) is 0. The van der Waals surface area contributed by atoms with Crippen LogP contribution in [0.1, 0.15) is 10.5 Å². The minimum atomic E-state index is -0.669. The molecule has 0 bridgehead atoms. The summed E-state index contributed by atoms with van der Waals surface area (Å²) in [5.74, 6) is -1.61. The minimum absolute atomic E-state index is 0.00553. The molecule has 0 aliphatic rings. The fourth-order valence-corrected chi connectivity index (χ4v) is 2.42. The van der Waals surface area contributed by atoms with E-state index in [4.69, 9.17) is 9.26 Å². The zero-order valence-electron chi connectivity index (χ0n) is 13.7. The van der Waals surface area contributed by atoms with Gasteiger partial charge in [0.1, 0.15) is 0 Å². The lowest BCUT2D eigenvalue weighted by Crippen LogP contribution is -2.44. The van der Waals surface area contributed by atoms with Crippen molar-refractivity contribution in [3.63, 3.8) is 0 Å². The van der Waals surface area contributed by atoms with Crippen LogP contribution in [-0.4, -0.2) is 23.6 Å². The third-order valence-corrected chi connectivity index (χ3v) is 3.86. The van der Waals surface area contributed by atoms with E-state index in [0.717, 1.165) is 5.56 Å². The van der Waals surface area contributed by atoms with E-state index < -0.39 is 24.2 Å². The van der Waals surface area contributed by atoms with Gasteiger partial charge in [-0.15, -0.1) is 0 Å². The van der Waals surface area contributed by atoms with Gasteiger partial charge in [0.2, 0.25) is 0 Å². The summed E-state index contributed by atoms with van der Waals surface area (Å²) < 4.78 is 24.3. The zero-order valence-corrected chi connectivity index (χ0v) is 15.3. The van der Waals surface area contributed by atoms with E-state index in [-0.39, 0.29) is 11.4 Å². The SMILES string of the molecule is O=C(COc1ccc(Br)cc1F)NNC(=O)c1cc(-c2ccccc2)on1. The van der Waals surface area contributed by atoms with Gasteiger partial charge in [0.05, 0.1) is 0 Å². The van der Waals surface area contributed by atoms with Gasteiger partial charge < -0.3 is 9.26 Å². The molecule has 0 radical (unpaired) electrons. The fraction of sp³-hybridized carbons (Fsp3) is 0.0556. The van der Waals surface area contributed by atoms with Crippen molar-refractivity contribution in [1.29, 1.82) is 0 Å². The molecule has 0 aliphatic heterocycles.